The maximum Gasteiger partial charge on any atom is 0.222 e. The van der Waals surface area contributed by atoms with Gasteiger partial charge in [0.2, 0.25) is 5.91 Å². The van der Waals surface area contributed by atoms with Gasteiger partial charge in [-0.25, -0.2) is 0 Å². The van der Waals surface area contributed by atoms with Crippen molar-refractivity contribution in [2.75, 3.05) is 26.2 Å². The van der Waals surface area contributed by atoms with E-state index in [0.717, 1.165) is 29.7 Å². The van der Waals surface area contributed by atoms with Gasteiger partial charge in [-0.05, 0) is 36.2 Å². The molecule has 6 nitrogen and oxygen atoms in total. The molecule has 0 unspecified atom stereocenters. The highest BCUT2D eigenvalue weighted by molar-refractivity contribution is 5.81. The van der Waals surface area contributed by atoms with Crippen molar-refractivity contribution in [1.29, 1.82) is 0 Å². The van der Waals surface area contributed by atoms with Crippen molar-refractivity contribution < 1.29 is 14.3 Å². The highest BCUT2D eigenvalue weighted by Gasteiger charge is 2.24. The summed E-state index contributed by atoms with van der Waals surface area (Å²) in [7, 11) is 3.20. The Bertz CT molecular complexity index is 776. The molecule has 0 aromatic heterocycles. The molecule has 1 amide bonds. The van der Waals surface area contributed by atoms with Gasteiger partial charge in [-0.1, -0.05) is 12.1 Å². The quantitative estimate of drug-likeness (QED) is 0.815. The second-order valence-electron chi connectivity index (χ2n) is 5.94. The Hall–Kier alpha value is -2.73. The SMILES string of the molecule is COc1ccc(CN2CCCC2=O)c(OC)c1-c1cccc(N[O-])c1. The number of anilines is 1. The Morgan fingerprint density at radius 3 is 2.68 bits per heavy atom. The van der Waals surface area contributed by atoms with Gasteiger partial charge in [0.1, 0.15) is 11.5 Å². The summed E-state index contributed by atoms with van der Waals surface area (Å²) in [5.41, 5.74) is 4.86. The number of nitrogens with zero attached hydrogens (tertiary/aromatic N) is 1. The van der Waals surface area contributed by atoms with Crippen LogP contribution in [0.1, 0.15) is 18.4 Å². The number of methoxy groups -OCH3 is 2. The molecule has 0 aliphatic carbocycles. The molecular weight excluding hydrogens is 320 g/mol. The third kappa shape index (κ3) is 3.39. The molecule has 0 radical (unpaired) electrons. The number of ether oxygens (including phenoxy) is 2. The number of rotatable bonds is 6. The van der Waals surface area contributed by atoms with Crippen LogP contribution in [0.15, 0.2) is 36.4 Å². The number of amides is 1. The lowest BCUT2D eigenvalue weighted by Crippen LogP contribution is -2.24. The minimum atomic E-state index is 0.164. The lowest BCUT2D eigenvalue weighted by Gasteiger charge is -2.21. The van der Waals surface area contributed by atoms with Gasteiger partial charge in [-0.2, -0.15) is 0 Å². The van der Waals surface area contributed by atoms with Crippen LogP contribution in [0.4, 0.5) is 5.69 Å². The minimum absolute atomic E-state index is 0.164. The first-order chi connectivity index (χ1) is 12.2. The monoisotopic (exact) mass is 341 g/mol. The van der Waals surface area contributed by atoms with Crippen molar-refractivity contribution in [1.82, 2.24) is 4.90 Å². The zero-order valence-corrected chi connectivity index (χ0v) is 14.4. The second-order valence-corrected chi connectivity index (χ2v) is 5.94. The van der Waals surface area contributed by atoms with Gasteiger partial charge in [0.05, 0.1) is 19.8 Å². The normalized spacial score (nSPS) is 13.9. The molecule has 0 spiro atoms. The number of carbonyl (C=O) groups is 1. The minimum Gasteiger partial charge on any atom is -0.761 e. The summed E-state index contributed by atoms with van der Waals surface area (Å²) in [6.07, 6.45) is 1.49. The molecule has 132 valence electrons. The van der Waals surface area contributed by atoms with Crippen LogP contribution in [0.2, 0.25) is 0 Å². The van der Waals surface area contributed by atoms with E-state index >= 15 is 0 Å². The van der Waals surface area contributed by atoms with E-state index in [1.807, 2.05) is 28.6 Å². The van der Waals surface area contributed by atoms with Gasteiger partial charge in [-0.3, -0.25) is 4.79 Å². The highest BCUT2D eigenvalue weighted by Crippen LogP contribution is 2.42. The fraction of sp³-hybridized carbons (Fsp3) is 0.316. The summed E-state index contributed by atoms with van der Waals surface area (Å²) < 4.78 is 11.2. The van der Waals surface area contributed by atoms with Crippen molar-refractivity contribution in [2.45, 2.75) is 19.4 Å². The van der Waals surface area contributed by atoms with Crippen LogP contribution in [-0.2, 0) is 11.3 Å². The molecule has 0 atom stereocenters. The number of hydrogen-bond acceptors (Lipinski definition) is 5. The molecule has 1 N–H and O–H groups in total. The van der Waals surface area contributed by atoms with Crippen LogP contribution in [0, 0.1) is 5.21 Å². The van der Waals surface area contributed by atoms with E-state index in [0.29, 0.717) is 30.2 Å². The van der Waals surface area contributed by atoms with Crippen LogP contribution >= 0.6 is 0 Å². The summed E-state index contributed by atoms with van der Waals surface area (Å²) in [5.74, 6) is 1.47. The van der Waals surface area contributed by atoms with Gasteiger partial charge in [0.25, 0.3) is 0 Å². The predicted molar refractivity (Wildman–Crippen MR) is 96.6 cm³/mol. The van der Waals surface area contributed by atoms with E-state index in [4.69, 9.17) is 9.47 Å². The van der Waals surface area contributed by atoms with Crippen LogP contribution in [0.25, 0.3) is 11.1 Å². The molecule has 6 heteroatoms. The molecule has 1 saturated heterocycles. The second kappa shape index (κ2) is 7.44. The van der Waals surface area contributed by atoms with Crippen molar-refractivity contribution in [3.05, 3.63) is 47.2 Å². The Labute approximate surface area is 146 Å². The number of likely N-dealkylation sites (tertiary alicyclic amines) is 1. The van der Waals surface area contributed by atoms with E-state index in [1.54, 1.807) is 32.4 Å². The Morgan fingerprint density at radius 2 is 2.04 bits per heavy atom. The Morgan fingerprint density at radius 1 is 1.20 bits per heavy atom. The van der Waals surface area contributed by atoms with E-state index < -0.39 is 0 Å². The van der Waals surface area contributed by atoms with E-state index in [-0.39, 0.29) is 5.91 Å². The summed E-state index contributed by atoms with van der Waals surface area (Å²) in [6, 6.07) is 10.9. The lowest BCUT2D eigenvalue weighted by atomic mass is 9.99. The van der Waals surface area contributed by atoms with E-state index in [9.17, 15) is 10.0 Å². The first-order valence-electron chi connectivity index (χ1n) is 8.18. The number of nitrogens with one attached hydrogen (secondary N) is 1. The third-order valence-electron chi connectivity index (χ3n) is 4.43. The molecule has 0 bridgehead atoms. The first-order valence-corrected chi connectivity index (χ1v) is 8.18. The van der Waals surface area contributed by atoms with Gasteiger partial charge in [-0.15, -0.1) is 0 Å². The van der Waals surface area contributed by atoms with E-state index in [2.05, 4.69) is 0 Å². The third-order valence-corrected chi connectivity index (χ3v) is 4.43. The molecule has 1 aliphatic heterocycles. The molecule has 1 aliphatic rings. The predicted octanol–water partition coefficient (Wildman–Crippen LogP) is 3.40. The largest absolute Gasteiger partial charge is 0.761 e. The summed E-state index contributed by atoms with van der Waals surface area (Å²) in [5, 5.41) is 11.0. The maximum absolute atomic E-state index is 12.0. The fourth-order valence-electron chi connectivity index (χ4n) is 3.22. The molecule has 2 aromatic carbocycles. The van der Waals surface area contributed by atoms with Gasteiger partial charge in [0.15, 0.2) is 0 Å². The highest BCUT2D eigenvalue weighted by atomic mass is 16.5. The van der Waals surface area contributed by atoms with Crippen LogP contribution in [0.3, 0.4) is 0 Å². The van der Waals surface area contributed by atoms with Gasteiger partial charge in [0, 0.05) is 30.8 Å². The topological polar surface area (TPSA) is 73.9 Å². The Balaban J connectivity index is 2.08. The number of benzene rings is 2. The molecule has 2 aromatic rings. The zero-order chi connectivity index (χ0) is 17.8. The van der Waals surface area contributed by atoms with Crippen LogP contribution < -0.4 is 15.0 Å². The molecular formula is C19H21N2O4-. The summed E-state index contributed by atoms with van der Waals surface area (Å²) >= 11 is 0. The fourth-order valence-corrected chi connectivity index (χ4v) is 3.22. The van der Waals surface area contributed by atoms with Crippen LogP contribution in [-0.4, -0.2) is 31.6 Å². The lowest BCUT2D eigenvalue weighted by molar-refractivity contribution is -0.128. The van der Waals surface area contributed by atoms with Crippen molar-refractivity contribution in [2.24, 2.45) is 0 Å². The smallest absolute Gasteiger partial charge is 0.222 e. The molecule has 3 rings (SSSR count). The first kappa shape index (κ1) is 17.1. The average molecular weight is 341 g/mol. The maximum atomic E-state index is 12.0. The van der Waals surface area contributed by atoms with Crippen molar-refractivity contribution in [3.63, 3.8) is 0 Å². The van der Waals surface area contributed by atoms with Crippen LogP contribution in [0.5, 0.6) is 11.5 Å². The summed E-state index contributed by atoms with van der Waals surface area (Å²) in [6.45, 7) is 1.26. The van der Waals surface area contributed by atoms with Crippen molar-refractivity contribution >= 4 is 11.6 Å². The number of hydrogen-bond donors (Lipinski definition) is 1. The Kier molecular flexibility index (Phi) is 5.09. The average Bonchev–Trinajstić information content (AvgIpc) is 3.06. The van der Waals surface area contributed by atoms with Gasteiger partial charge < -0.3 is 25.1 Å². The van der Waals surface area contributed by atoms with Crippen molar-refractivity contribution in [3.8, 4) is 22.6 Å². The molecule has 0 saturated carbocycles. The standard InChI is InChI=1S/C19H21N2O4/c1-24-16-9-8-14(12-21-10-4-7-17(21)22)19(25-2)18(16)13-5-3-6-15(11-13)20-23/h3,5-6,8-9,11,20H,4,7,10,12H2,1-2H3/q-1. The molecule has 25 heavy (non-hydrogen) atoms. The van der Waals surface area contributed by atoms with Gasteiger partial charge >= 0.3 is 0 Å². The zero-order valence-electron chi connectivity index (χ0n) is 14.4. The summed E-state index contributed by atoms with van der Waals surface area (Å²) in [4.78, 5) is 13.8. The van der Waals surface area contributed by atoms with E-state index in [1.165, 1.54) is 0 Å². The number of carbonyl (C=O) groups excluding carboxylic acids is 1. The molecule has 1 heterocycles. The molecule has 1 fully saturated rings.